The lowest BCUT2D eigenvalue weighted by Crippen LogP contribution is -2.49. The van der Waals surface area contributed by atoms with Crippen LogP contribution in [-0.4, -0.2) is 33.2 Å². The number of nitrogens with one attached hydrogen (secondary N) is 1. The summed E-state index contributed by atoms with van der Waals surface area (Å²) >= 11 is 0. The fourth-order valence-corrected chi connectivity index (χ4v) is 4.24. The molecule has 1 N–H and O–H groups in total. The third-order valence-electron chi connectivity index (χ3n) is 4.47. The second kappa shape index (κ2) is 9.68. The van der Waals surface area contributed by atoms with E-state index in [9.17, 15) is 17.6 Å². The summed E-state index contributed by atoms with van der Waals surface area (Å²) in [5.74, 6) is -0.604. The lowest BCUT2D eigenvalue weighted by atomic mass is 10.1. The molecule has 0 saturated heterocycles. The molecule has 0 aliphatic carbocycles. The van der Waals surface area contributed by atoms with Gasteiger partial charge in [0.15, 0.2) is 0 Å². The Morgan fingerprint density at radius 1 is 1.11 bits per heavy atom. The third kappa shape index (κ3) is 6.05. The quantitative estimate of drug-likeness (QED) is 0.649. The zero-order valence-corrected chi connectivity index (χ0v) is 17.3. The van der Waals surface area contributed by atoms with Gasteiger partial charge in [0.2, 0.25) is 15.9 Å². The standard InChI is InChI=1S/C21H27FN2O3S/c1-4-20(24(28(3,26)27)19-13-7-16(2)8-14-19)21(25)23-15-5-6-17-9-11-18(22)12-10-17/h7-14,20H,4-6,15H2,1-3H3,(H,23,25)/t20-/m1/s1. The molecular formula is C21H27FN2O3S. The molecule has 152 valence electrons. The Morgan fingerprint density at radius 3 is 2.25 bits per heavy atom. The first-order chi connectivity index (χ1) is 13.2. The highest BCUT2D eigenvalue weighted by molar-refractivity contribution is 7.92. The molecule has 0 unspecified atom stereocenters. The van der Waals surface area contributed by atoms with Crippen molar-refractivity contribution in [2.24, 2.45) is 0 Å². The van der Waals surface area contributed by atoms with Crippen LogP contribution < -0.4 is 9.62 Å². The maximum absolute atomic E-state index is 12.9. The minimum atomic E-state index is -3.63. The van der Waals surface area contributed by atoms with E-state index in [1.165, 1.54) is 16.4 Å². The van der Waals surface area contributed by atoms with Crippen molar-refractivity contribution in [3.05, 3.63) is 65.5 Å². The van der Waals surface area contributed by atoms with Gasteiger partial charge < -0.3 is 5.32 Å². The van der Waals surface area contributed by atoms with Gasteiger partial charge in [0.25, 0.3) is 0 Å². The SMILES string of the molecule is CC[C@H](C(=O)NCCCc1ccc(F)cc1)N(c1ccc(C)cc1)S(C)(=O)=O. The van der Waals surface area contributed by atoms with Gasteiger partial charge in [-0.05, 0) is 56.0 Å². The van der Waals surface area contributed by atoms with Gasteiger partial charge in [0, 0.05) is 6.54 Å². The van der Waals surface area contributed by atoms with Crippen LogP contribution in [0.1, 0.15) is 30.9 Å². The van der Waals surface area contributed by atoms with Crippen LogP contribution in [0.5, 0.6) is 0 Å². The van der Waals surface area contributed by atoms with Crippen molar-refractivity contribution in [1.82, 2.24) is 5.32 Å². The van der Waals surface area contributed by atoms with Gasteiger partial charge in [-0.15, -0.1) is 0 Å². The van der Waals surface area contributed by atoms with E-state index in [4.69, 9.17) is 0 Å². The van der Waals surface area contributed by atoms with E-state index >= 15 is 0 Å². The first kappa shape index (κ1) is 21.9. The summed E-state index contributed by atoms with van der Waals surface area (Å²) in [6, 6.07) is 12.5. The van der Waals surface area contributed by atoms with E-state index in [-0.39, 0.29) is 11.7 Å². The number of sulfonamides is 1. The molecule has 0 bridgehead atoms. The number of carbonyl (C=O) groups excluding carboxylic acids is 1. The molecule has 0 fully saturated rings. The van der Waals surface area contributed by atoms with Crippen molar-refractivity contribution in [2.45, 2.75) is 39.2 Å². The molecule has 2 rings (SSSR count). The van der Waals surface area contributed by atoms with Gasteiger partial charge in [0.1, 0.15) is 11.9 Å². The number of hydrogen-bond donors (Lipinski definition) is 1. The zero-order valence-electron chi connectivity index (χ0n) is 16.5. The van der Waals surface area contributed by atoms with Crippen molar-refractivity contribution in [1.29, 1.82) is 0 Å². The van der Waals surface area contributed by atoms with Crippen LogP contribution in [0.25, 0.3) is 0 Å². The second-order valence-corrected chi connectivity index (χ2v) is 8.70. The van der Waals surface area contributed by atoms with Crippen LogP contribution in [0.4, 0.5) is 10.1 Å². The molecule has 0 heterocycles. The average Bonchev–Trinajstić information content (AvgIpc) is 2.64. The molecule has 2 aromatic rings. The highest BCUT2D eigenvalue weighted by atomic mass is 32.2. The monoisotopic (exact) mass is 406 g/mol. The lowest BCUT2D eigenvalue weighted by molar-refractivity contribution is -0.122. The summed E-state index contributed by atoms with van der Waals surface area (Å²) in [5.41, 5.74) is 2.47. The van der Waals surface area contributed by atoms with Gasteiger partial charge in [-0.1, -0.05) is 36.8 Å². The Kier molecular flexibility index (Phi) is 7.57. The highest BCUT2D eigenvalue weighted by Crippen LogP contribution is 2.23. The Labute approximate surface area is 166 Å². The number of benzene rings is 2. The van der Waals surface area contributed by atoms with Crippen LogP contribution in [0, 0.1) is 12.7 Å². The van der Waals surface area contributed by atoms with Gasteiger partial charge in [0.05, 0.1) is 11.9 Å². The van der Waals surface area contributed by atoms with Crippen LogP contribution in [0.15, 0.2) is 48.5 Å². The maximum Gasteiger partial charge on any atom is 0.243 e. The normalized spacial score (nSPS) is 12.4. The van der Waals surface area contributed by atoms with Crippen molar-refractivity contribution < 1.29 is 17.6 Å². The van der Waals surface area contributed by atoms with Crippen LogP contribution in [-0.2, 0) is 21.2 Å². The van der Waals surface area contributed by atoms with E-state index in [0.717, 1.165) is 17.4 Å². The van der Waals surface area contributed by atoms with E-state index < -0.39 is 16.1 Å². The fraction of sp³-hybridized carbons (Fsp3) is 0.381. The molecule has 0 saturated carbocycles. The molecule has 1 amide bonds. The summed E-state index contributed by atoms with van der Waals surface area (Å²) in [5, 5.41) is 2.83. The van der Waals surface area contributed by atoms with E-state index in [0.29, 0.717) is 31.5 Å². The van der Waals surface area contributed by atoms with Crippen LogP contribution >= 0.6 is 0 Å². The first-order valence-electron chi connectivity index (χ1n) is 9.30. The topological polar surface area (TPSA) is 66.5 Å². The molecule has 1 atom stereocenters. The number of hydrogen-bond acceptors (Lipinski definition) is 3. The smallest absolute Gasteiger partial charge is 0.243 e. The molecule has 0 aliphatic heterocycles. The number of rotatable bonds is 9. The lowest BCUT2D eigenvalue weighted by Gasteiger charge is -2.30. The summed E-state index contributed by atoms with van der Waals surface area (Å²) in [7, 11) is -3.63. The predicted octanol–water partition coefficient (Wildman–Crippen LogP) is 3.43. The minimum absolute atomic E-state index is 0.278. The van der Waals surface area contributed by atoms with Gasteiger partial charge >= 0.3 is 0 Å². The minimum Gasteiger partial charge on any atom is -0.354 e. The van der Waals surface area contributed by atoms with Crippen LogP contribution in [0.2, 0.25) is 0 Å². The molecule has 28 heavy (non-hydrogen) atoms. The number of amides is 1. The summed E-state index contributed by atoms with van der Waals surface area (Å²) in [6.07, 6.45) is 2.84. The first-order valence-corrected chi connectivity index (χ1v) is 11.2. The van der Waals surface area contributed by atoms with Gasteiger partial charge in [-0.3, -0.25) is 9.10 Å². The van der Waals surface area contributed by atoms with Crippen molar-refractivity contribution in [3.8, 4) is 0 Å². The van der Waals surface area contributed by atoms with E-state index in [1.54, 1.807) is 31.2 Å². The molecule has 0 spiro atoms. The maximum atomic E-state index is 12.9. The van der Waals surface area contributed by atoms with E-state index in [1.807, 2.05) is 19.1 Å². The Balaban J connectivity index is 2.02. The molecular weight excluding hydrogens is 379 g/mol. The Morgan fingerprint density at radius 2 is 1.71 bits per heavy atom. The summed E-state index contributed by atoms with van der Waals surface area (Å²) in [6.45, 7) is 4.12. The fourth-order valence-electron chi connectivity index (χ4n) is 3.02. The molecule has 5 nitrogen and oxygen atoms in total. The van der Waals surface area contributed by atoms with Gasteiger partial charge in [-0.25, -0.2) is 12.8 Å². The average molecular weight is 407 g/mol. The zero-order chi connectivity index (χ0) is 20.7. The molecule has 2 aromatic carbocycles. The van der Waals surface area contributed by atoms with Crippen molar-refractivity contribution >= 4 is 21.6 Å². The number of aryl methyl sites for hydroxylation is 2. The van der Waals surface area contributed by atoms with Crippen molar-refractivity contribution in [3.63, 3.8) is 0 Å². The Bertz CT molecular complexity index is 881. The van der Waals surface area contributed by atoms with Gasteiger partial charge in [-0.2, -0.15) is 0 Å². The highest BCUT2D eigenvalue weighted by Gasteiger charge is 2.31. The summed E-state index contributed by atoms with van der Waals surface area (Å²) in [4.78, 5) is 12.7. The van der Waals surface area contributed by atoms with Crippen LogP contribution in [0.3, 0.4) is 0 Å². The number of nitrogens with zero attached hydrogens (tertiary/aromatic N) is 1. The predicted molar refractivity (Wildman–Crippen MR) is 110 cm³/mol. The molecule has 0 radical (unpaired) electrons. The molecule has 7 heteroatoms. The Hall–Kier alpha value is -2.41. The third-order valence-corrected chi connectivity index (χ3v) is 5.65. The molecule has 0 aromatic heterocycles. The second-order valence-electron chi connectivity index (χ2n) is 6.84. The summed E-state index contributed by atoms with van der Waals surface area (Å²) < 4.78 is 38.9. The number of anilines is 1. The number of halogens is 1. The number of carbonyl (C=O) groups is 1. The van der Waals surface area contributed by atoms with E-state index in [2.05, 4.69) is 5.32 Å². The largest absolute Gasteiger partial charge is 0.354 e. The van der Waals surface area contributed by atoms with Crippen molar-refractivity contribution in [2.75, 3.05) is 17.1 Å². The molecule has 0 aliphatic rings.